The summed E-state index contributed by atoms with van der Waals surface area (Å²) in [6, 6.07) is 14.7. The van der Waals surface area contributed by atoms with E-state index in [9.17, 15) is 4.39 Å². The average Bonchev–Trinajstić information content (AvgIpc) is 2.51. The Morgan fingerprint density at radius 2 is 2.00 bits per heavy atom. The molecule has 0 unspecified atom stereocenters. The van der Waals surface area contributed by atoms with Crippen LogP contribution in [0.3, 0.4) is 0 Å². The number of ether oxygens (including phenoxy) is 1. The summed E-state index contributed by atoms with van der Waals surface area (Å²) in [6.45, 7) is 6.87. The van der Waals surface area contributed by atoms with E-state index in [4.69, 9.17) is 4.74 Å². The van der Waals surface area contributed by atoms with Gasteiger partial charge in [0.15, 0.2) is 0 Å². The van der Waals surface area contributed by atoms with Gasteiger partial charge in [-0.05, 0) is 42.3 Å². The van der Waals surface area contributed by atoms with Crippen molar-refractivity contribution >= 4 is 0 Å². The predicted molar refractivity (Wildman–Crippen MR) is 83.8 cm³/mol. The molecule has 0 fully saturated rings. The van der Waals surface area contributed by atoms with Gasteiger partial charge in [-0.25, -0.2) is 4.39 Å². The minimum absolute atomic E-state index is 0.0948. The molecule has 0 saturated carbocycles. The first-order chi connectivity index (χ1) is 10.2. The molecule has 0 spiro atoms. The van der Waals surface area contributed by atoms with E-state index in [1.807, 2.05) is 37.3 Å². The number of nitrogens with one attached hydrogen (secondary N) is 1. The van der Waals surface area contributed by atoms with Crippen LogP contribution in [0, 0.1) is 5.82 Å². The van der Waals surface area contributed by atoms with Crippen molar-refractivity contribution in [2.45, 2.75) is 19.5 Å². The first-order valence-electron chi connectivity index (χ1n) is 7.00. The summed E-state index contributed by atoms with van der Waals surface area (Å²) < 4.78 is 18.6. The van der Waals surface area contributed by atoms with Crippen LogP contribution in [-0.2, 0) is 6.54 Å². The standard InChI is InChI=1S/C18H20FNO/c1-3-11-21-18-9-7-15(8-10-18)13-20-14(2)16-5-4-6-17(19)12-16/h3-10,12,14,20H,1,11,13H2,2H3/t14-/m0/s1. The van der Waals surface area contributed by atoms with Crippen LogP contribution in [0.15, 0.2) is 61.2 Å². The summed E-state index contributed by atoms with van der Waals surface area (Å²) in [7, 11) is 0. The summed E-state index contributed by atoms with van der Waals surface area (Å²) in [4.78, 5) is 0. The molecule has 2 aromatic carbocycles. The molecule has 3 heteroatoms. The number of benzene rings is 2. The molecule has 0 aliphatic carbocycles. The lowest BCUT2D eigenvalue weighted by molar-refractivity contribution is 0.363. The quantitative estimate of drug-likeness (QED) is 0.768. The van der Waals surface area contributed by atoms with Crippen molar-refractivity contribution in [1.82, 2.24) is 5.32 Å². The van der Waals surface area contributed by atoms with Gasteiger partial charge >= 0.3 is 0 Å². The highest BCUT2D eigenvalue weighted by Crippen LogP contribution is 2.16. The molecule has 110 valence electrons. The number of rotatable bonds is 7. The van der Waals surface area contributed by atoms with Crippen LogP contribution in [0.25, 0.3) is 0 Å². The zero-order valence-corrected chi connectivity index (χ0v) is 12.2. The first kappa shape index (κ1) is 15.3. The fourth-order valence-corrected chi connectivity index (χ4v) is 2.02. The van der Waals surface area contributed by atoms with E-state index >= 15 is 0 Å². The highest BCUT2D eigenvalue weighted by atomic mass is 19.1. The molecule has 2 rings (SSSR count). The summed E-state index contributed by atoms with van der Waals surface area (Å²) >= 11 is 0. The van der Waals surface area contributed by atoms with Crippen LogP contribution in [0.2, 0.25) is 0 Å². The van der Waals surface area contributed by atoms with Crippen LogP contribution < -0.4 is 10.1 Å². The van der Waals surface area contributed by atoms with Crippen LogP contribution in [0.5, 0.6) is 5.75 Å². The lowest BCUT2D eigenvalue weighted by Crippen LogP contribution is -2.18. The smallest absolute Gasteiger partial charge is 0.123 e. The Kier molecular flexibility index (Phi) is 5.52. The van der Waals surface area contributed by atoms with Crippen LogP contribution in [0.1, 0.15) is 24.1 Å². The summed E-state index contributed by atoms with van der Waals surface area (Å²) in [5, 5.41) is 3.38. The van der Waals surface area contributed by atoms with Gasteiger partial charge in [-0.15, -0.1) is 0 Å². The Bertz CT molecular complexity index is 580. The van der Waals surface area contributed by atoms with E-state index in [0.717, 1.165) is 23.4 Å². The molecule has 0 amide bonds. The molecule has 0 saturated heterocycles. The zero-order chi connectivity index (χ0) is 15.1. The third kappa shape index (κ3) is 4.72. The van der Waals surface area contributed by atoms with Gasteiger partial charge in [0.25, 0.3) is 0 Å². The van der Waals surface area contributed by atoms with Crippen molar-refractivity contribution < 1.29 is 9.13 Å². The second-order valence-corrected chi connectivity index (χ2v) is 4.90. The Balaban J connectivity index is 1.89. The molecule has 0 aliphatic heterocycles. The van der Waals surface area contributed by atoms with Crippen molar-refractivity contribution in [3.8, 4) is 5.75 Å². The normalized spacial score (nSPS) is 11.9. The van der Waals surface area contributed by atoms with Gasteiger partial charge in [0.2, 0.25) is 0 Å². The molecule has 1 atom stereocenters. The van der Waals surface area contributed by atoms with E-state index in [1.165, 1.54) is 6.07 Å². The maximum Gasteiger partial charge on any atom is 0.123 e. The molecule has 0 radical (unpaired) electrons. The maximum absolute atomic E-state index is 13.2. The van der Waals surface area contributed by atoms with Crippen molar-refractivity contribution in [3.05, 3.63) is 78.1 Å². The number of halogens is 1. The molecule has 0 aliphatic rings. The van der Waals surface area contributed by atoms with Crippen molar-refractivity contribution in [2.24, 2.45) is 0 Å². The SMILES string of the molecule is C=CCOc1ccc(CN[C@@H](C)c2cccc(F)c2)cc1. The Morgan fingerprint density at radius 3 is 2.67 bits per heavy atom. The minimum Gasteiger partial charge on any atom is -0.490 e. The van der Waals surface area contributed by atoms with E-state index in [2.05, 4.69) is 11.9 Å². The third-order valence-electron chi connectivity index (χ3n) is 3.25. The van der Waals surface area contributed by atoms with Gasteiger partial charge in [0.1, 0.15) is 18.2 Å². The summed E-state index contributed by atoms with van der Waals surface area (Å²) in [5.74, 6) is 0.627. The monoisotopic (exact) mass is 285 g/mol. The average molecular weight is 285 g/mol. The van der Waals surface area contributed by atoms with E-state index < -0.39 is 0 Å². The van der Waals surface area contributed by atoms with Crippen molar-refractivity contribution in [1.29, 1.82) is 0 Å². The minimum atomic E-state index is -0.204. The van der Waals surface area contributed by atoms with Gasteiger partial charge in [-0.1, -0.05) is 36.9 Å². The molecule has 0 heterocycles. The zero-order valence-electron chi connectivity index (χ0n) is 12.2. The highest BCUT2D eigenvalue weighted by Gasteiger charge is 2.05. The van der Waals surface area contributed by atoms with Gasteiger partial charge in [-0.2, -0.15) is 0 Å². The second-order valence-electron chi connectivity index (χ2n) is 4.90. The summed E-state index contributed by atoms with van der Waals surface area (Å²) in [6.07, 6.45) is 1.72. The molecule has 2 nitrogen and oxygen atoms in total. The van der Waals surface area contributed by atoms with Gasteiger partial charge in [0, 0.05) is 12.6 Å². The Hall–Kier alpha value is -2.13. The number of hydrogen-bond acceptors (Lipinski definition) is 2. The molecule has 0 bridgehead atoms. The van der Waals surface area contributed by atoms with E-state index in [0.29, 0.717) is 6.61 Å². The Labute approximate surface area is 125 Å². The van der Waals surface area contributed by atoms with Gasteiger partial charge in [0.05, 0.1) is 0 Å². The van der Waals surface area contributed by atoms with E-state index in [-0.39, 0.29) is 11.9 Å². The van der Waals surface area contributed by atoms with Gasteiger partial charge in [-0.3, -0.25) is 0 Å². The predicted octanol–water partition coefficient (Wildman–Crippen LogP) is 4.24. The molecule has 2 aromatic rings. The van der Waals surface area contributed by atoms with Crippen molar-refractivity contribution in [3.63, 3.8) is 0 Å². The molecule has 0 aromatic heterocycles. The van der Waals surface area contributed by atoms with Crippen LogP contribution in [-0.4, -0.2) is 6.61 Å². The van der Waals surface area contributed by atoms with Crippen molar-refractivity contribution in [2.75, 3.05) is 6.61 Å². The lowest BCUT2D eigenvalue weighted by Gasteiger charge is -2.14. The largest absolute Gasteiger partial charge is 0.490 e. The van der Waals surface area contributed by atoms with Gasteiger partial charge < -0.3 is 10.1 Å². The third-order valence-corrected chi connectivity index (χ3v) is 3.25. The second kappa shape index (κ2) is 7.60. The topological polar surface area (TPSA) is 21.3 Å². The Morgan fingerprint density at radius 1 is 1.24 bits per heavy atom. The van der Waals surface area contributed by atoms with Crippen LogP contribution in [0.4, 0.5) is 4.39 Å². The molecular formula is C18H20FNO. The fourth-order valence-electron chi connectivity index (χ4n) is 2.02. The molecule has 21 heavy (non-hydrogen) atoms. The maximum atomic E-state index is 13.2. The highest BCUT2D eigenvalue weighted by molar-refractivity contribution is 5.27. The molecular weight excluding hydrogens is 265 g/mol. The molecule has 1 N–H and O–H groups in total. The lowest BCUT2D eigenvalue weighted by atomic mass is 10.1. The van der Waals surface area contributed by atoms with Crippen LogP contribution >= 0.6 is 0 Å². The summed E-state index contributed by atoms with van der Waals surface area (Å²) in [5.41, 5.74) is 2.10. The number of hydrogen-bond donors (Lipinski definition) is 1. The van der Waals surface area contributed by atoms with E-state index in [1.54, 1.807) is 18.2 Å². The first-order valence-corrected chi connectivity index (χ1v) is 7.00. The fraction of sp³-hybridized carbons (Fsp3) is 0.222.